The van der Waals surface area contributed by atoms with E-state index in [1.54, 1.807) is 19.2 Å². The van der Waals surface area contributed by atoms with Gasteiger partial charge in [0.1, 0.15) is 5.82 Å². The van der Waals surface area contributed by atoms with Crippen molar-refractivity contribution < 1.29 is 18.3 Å². The van der Waals surface area contributed by atoms with E-state index in [1.165, 1.54) is 0 Å². The molecule has 2 aliphatic heterocycles. The Kier molecular flexibility index (Phi) is 5.91. The minimum atomic E-state index is -3.19. The molecular weight excluding hydrogens is 446 g/mol. The molecule has 2 aromatic rings. The number of methoxy groups -OCH3 is 1. The smallest absolute Gasteiger partial charge is 0.230 e. The number of anilines is 3. The van der Waals surface area contributed by atoms with Crippen LogP contribution in [0.15, 0.2) is 12.1 Å². The fourth-order valence-electron chi connectivity index (χ4n) is 5.12. The number of sulfonamides is 1. The highest BCUT2D eigenvalue weighted by Gasteiger charge is 2.50. The topological polar surface area (TPSA) is 137 Å². The predicted octanol–water partition coefficient (Wildman–Crippen LogP) is 1.76. The lowest BCUT2D eigenvalue weighted by molar-refractivity contribution is 0.109. The number of hydrogen-bond donors (Lipinski definition) is 3. The maximum absolute atomic E-state index is 13.1. The van der Waals surface area contributed by atoms with Gasteiger partial charge in [0.15, 0.2) is 5.82 Å². The van der Waals surface area contributed by atoms with Crippen LogP contribution in [-0.4, -0.2) is 75.5 Å². The number of nitrogens with one attached hydrogen (secondary N) is 2. The Morgan fingerprint density at radius 1 is 1.18 bits per heavy atom. The minimum absolute atomic E-state index is 0.0414. The van der Waals surface area contributed by atoms with E-state index in [0.29, 0.717) is 29.2 Å². The van der Waals surface area contributed by atoms with E-state index in [9.17, 15) is 13.5 Å². The van der Waals surface area contributed by atoms with Gasteiger partial charge < -0.3 is 20.1 Å². The first kappa shape index (κ1) is 22.4. The van der Waals surface area contributed by atoms with Crippen LogP contribution in [0.4, 0.5) is 17.6 Å². The molecule has 0 amide bonds. The Bertz CT molecular complexity index is 1090. The summed E-state index contributed by atoms with van der Waals surface area (Å²) in [6.07, 6.45) is 6.01. The zero-order valence-corrected chi connectivity index (χ0v) is 19.8. The van der Waals surface area contributed by atoms with E-state index in [1.807, 2.05) is 16.3 Å². The third-order valence-corrected chi connectivity index (χ3v) is 9.44. The Hall–Kier alpha value is -2.44. The molecule has 12 heteroatoms. The van der Waals surface area contributed by atoms with Gasteiger partial charge in [-0.15, -0.1) is 0 Å². The third-order valence-electron chi connectivity index (χ3n) is 6.94. The molecule has 2 aromatic heterocycles. The molecule has 0 spiro atoms. The summed E-state index contributed by atoms with van der Waals surface area (Å²) in [7, 11) is 0.328. The fraction of sp³-hybridized carbons (Fsp3) is 0.667. The van der Waals surface area contributed by atoms with Crippen LogP contribution in [0.3, 0.4) is 0 Å². The lowest BCUT2D eigenvalue weighted by Gasteiger charge is -2.49. The SMILES string of the molecule is COc1cc(Nc2cc(CO)[nH]n2)nc(N(C)[C@H]2C[C@H]3CCC[C@@H](C2)N3S(=O)(=O)C2CC2)n1. The monoisotopic (exact) mass is 477 g/mol. The first-order valence-corrected chi connectivity index (χ1v) is 13.0. The normalized spacial score (nSPS) is 25.6. The molecule has 4 heterocycles. The van der Waals surface area contributed by atoms with Crippen molar-refractivity contribution in [2.75, 3.05) is 24.4 Å². The second kappa shape index (κ2) is 8.73. The number of aliphatic hydroxyl groups excluding tert-OH is 1. The van der Waals surface area contributed by atoms with Crippen molar-refractivity contribution in [3.05, 3.63) is 17.8 Å². The second-order valence-electron chi connectivity index (χ2n) is 9.21. The number of rotatable bonds is 8. The van der Waals surface area contributed by atoms with Crippen molar-refractivity contribution in [1.29, 1.82) is 0 Å². The van der Waals surface area contributed by atoms with Crippen LogP contribution in [0.5, 0.6) is 5.88 Å². The van der Waals surface area contributed by atoms with E-state index >= 15 is 0 Å². The van der Waals surface area contributed by atoms with Crippen LogP contribution in [0.1, 0.15) is 50.6 Å². The van der Waals surface area contributed by atoms with Crippen molar-refractivity contribution in [3.63, 3.8) is 0 Å². The van der Waals surface area contributed by atoms with Crippen LogP contribution in [0.25, 0.3) is 0 Å². The number of hydrogen-bond acceptors (Lipinski definition) is 9. The zero-order chi connectivity index (χ0) is 23.2. The number of aromatic nitrogens is 4. The maximum atomic E-state index is 13.1. The van der Waals surface area contributed by atoms with Crippen LogP contribution in [0.2, 0.25) is 0 Å². The van der Waals surface area contributed by atoms with Crippen LogP contribution < -0.4 is 15.0 Å². The van der Waals surface area contributed by atoms with Gasteiger partial charge >= 0.3 is 0 Å². The van der Waals surface area contributed by atoms with Gasteiger partial charge in [-0.25, -0.2) is 8.42 Å². The molecule has 33 heavy (non-hydrogen) atoms. The number of aliphatic hydroxyl groups is 1. The molecular formula is C21H31N7O4S. The number of fused-ring (bicyclic) bond motifs is 2. The third kappa shape index (κ3) is 4.38. The highest BCUT2D eigenvalue weighted by atomic mass is 32.2. The van der Waals surface area contributed by atoms with Crippen molar-refractivity contribution >= 4 is 27.6 Å². The van der Waals surface area contributed by atoms with Gasteiger partial charge in [-0.3, -0.25) is 5.10 Å². The van der Waals surface area contributed by atoms with Gasteiger partial charge in [0.2, 0.25) is 21.9 Å². The van der Waals surface area contributed by atoms with Crippen molar-refractivity contribution in [1.82, 2.24) is 24.5 Å². The van der Waals surface area contributed by atoms with Gasteiger partial charge in [-0.1, -0.05) is 6.42 Å². The molecule has 2 bridgehead atoms. The molecule has 0 unspecified atom stereocenters. The van der Waals surface area contributed by atoms with E-state index in [0.717, 1.165) is 44.9 Å². The van der Waals surface area contributed by atoms with Gasteiger partial charge in [0.25, 0.3) is 0 Å². The number of H-pyrrole nitrogens is 1. The summed E-state index contributed by atoms with van der Waals surface area (Å²) >= 11 is 0. The Labute approximate surface area is 193 Å². The summed E-state index contributed by atoms with van der Waals surface area (Å²) in [5.41, 5.74) is 0.593. The number of aromatic amines is 1. The first-order chi connectivity index (χ1) is 15.9. The molecule has 3 fully saturated rings. The van der Waals surface area contributed by atoms with E-state index in [-0.39, 0.29) is 30.0 Å². The molecule has 0 aromatic carbocycles. The maximum Gasteiger partial charge on any atom is 0.230 e. The summed E-state index contributed by atoms with van der Waals surface area (Å²) in [6.45, 7) is -0.132. The van der Waals surface area contributed by atoms with E-state index in [4.69, 9.17) is 4.74 Å². The minimum Gasteiger partial charge on any atom is -0.481 e. The average Bonchev–Trinajstić information content (AvgIpc) is 3.58. The molecule has 3 N–H and O–H groups in total. The largest absolute Gasteiger partial charge is 0.481 e. The number of ether oxygens (including phenoxy) is 1. The predicted molar refractivity (Wildman–Crippen MR) is 123 cm³/mol. The van der Waals surface area contributed by atoms with E-state index < -0.39 is 10.0 Å². The lowest BCUT2D eigenvalue weighted by Crippen LogP contribution is -2.59. The molecule has 180 valence electrons. The van der Waals surface area contributed by atoms with Crippen LogP contribution in [-0.2, 0) is 16.6 Å². The lowest BCUT2D eigenvalue weighted by atomic mass is 9.83. The van der Waals surface area contributed by atoms with Gasteiger partial charge in [0.05, 0.1) is 24.7 Å². The summed E-state index contributed by atoms with van der Waals surface area (Å²) in [5, 5.41) is 19.1. The quantitative estimate of drug-likeness (QED) is 0.519. The Balaban J connectivity index is 1.36. The standard InChI is InChI=1S/C21H31N7O4S/c1-27(16-9-14-4-3-5-15(10-16)28(14)33(30,31)17-6-7-17)21-23-18(11-20(24-21)32-2)22-19-8-13(12-29)25-26-19/h8,11,14-17,29H,3-7,9-10,12H2,1-2H3,(H2,22,23,24,25,26)/t14-,15+,16+. The Morgan fingerprint density at radius 3 is 2.52 bits per heavy atom. The number of piperidine rings is 2. The van der Waals surface area contributed by atoms with E-state index in [2.05, 4.69) is 25.5 Å². The second-order valence-corrected chi connectivity index (χ2v) is 11.3. The summed E-state index contributed by atoms with van der Waals surface area (Å²) in [4.78, 5) is 11.3. The van der Waals surface area contributed by atoms with Crippen molar-refractivity contribution in [2.45, 2.75) is 74.9 Å². The Morgan fingerprint density at radius 2 is 1.91 bits per heavy atom. The highest BCUT2D eigenvalue weighted by molar-refractivity contribution is 7.90. The molecule has 2 saturated heterocycles. The van der Waals surface area contributed by atoms with Gasteiger partial charge in [-0.2, -0.15) is 19.4 Å². The highest BCUT2D eigenvalue weighted by Crippen LogP contribution is 2.42. The van der Waals surface area contributed by atoms with Crippen LogP contribution in [0, 0.1) is 0 Å². The summed E-state index contributed by atoms with van der Waals surface area (Å²) in [5.74, 6) is 1.98. The average molecular weight is 478 g/mol. The first-order valence-electron chi connectivity index (χ1n) is 11.5. The van der Waals surface area contributed by atoms with Crippen molar-refractivity contribution in [3.8, 4) is 5.88 Å². The van der Waals surface area contributed by atoms with Crippen LogP contribution >= 0.6 is 0 Å². The summed E-state index contributed by atoms with van der Waals surface area (Å²) < 4.78 is 33.4. The molecule has 0 radical (unpaired) electrons. The summed E-state index contributed by atoms with van der Waals surface area (Å²) in [6, 6.07) is 3.61. The molecule has 3 atom stereocenters. The molecule has 1 saturated carbocycles. The van der Waals surface area contributed by atoms with Gasteiger partial charge in [-0.05, 0) is 38.5 Å². The zero-order valence-electron chi connectivity index (χ0n) is 18.9. The fourth-order valence-corrected chi connectivity index (χ4v) is 7.41. The molecule has 5 rings (SSSR count). The molecule has 3 aliphatic rings. The molecule has 1 aliphatic carbocycles. The van der Waals surface area contributed by atoms with Crippen molar-refractivity contribution in [2.24, 2.45) is 0 Å². The van der Waals surface area contributed by atoms with Gasteiger partial charge in [0, 0.05) is 37.3 Å². The molecule has 11 nitrogen and oxygen atoms in total. The number of nitrogens with zero attached hydrogens (tertiary/aromatic N) is 5.